The molecule has 0 aliphatic heterocycles. The van der Waals surface area contributed by atoms with E-state index >= 15 is 0 Å². The first kappa shape index (κ1) is 11.9. The molecule has 5 nitrogen and oxygen atoms in total. The van der Waals surface area contributed by atoms with Crippen LogP contribution in [0.4, 0.5) is 5.69 Å². The Labute approximate surface area is 89.5 Å². The van der Waals surface area contributed by atoms with Gasteiger partial charge in [0.2, 0.25) is 0 Å². The highest BCUT2D eigenvalue weighted by Crippen LogP contribution is 2.01. The molecule has 1 aromatic rings. The molecule has 0 aliphatic carbocycles. The van der Waals surface area contributed by atoms with Crippen LogP contribution in [0, 0.1) is 0 Å². The first-order valence-corrected chi connectivity index (χ1v) is 6.25. The van der Waals surface area contributed by atoms with Crippen molar-refractivity contribution in [1.82, 2.24) is 0 Å². The second-order valence-electron chi connectivity index (χ2n) is 3.21. The Balaban J connectivity index is 2.65. The number of anilines is 1. The van der Waals surface area contributed by atoms with Gasteiger partial charge in [-0.25, -0.2) is 13.0 Å². The molecule has 0 saturated carbocycles. The normalized spacial score (nSPS) is 11.3. The van der Waals surface area contributed by atoms with Crippen molar-refractivity contribution < 1.29 is 17.5 Å². The first-order chi connectivity index (χ1) is 7.01. The van der Waals surface area contributed by atoms with Crippen LogP contribution in [0.2, 0.25) is 0 Å². The van der Waals surface area contributed by atoms with Crippen molar-refractivity contribution in [2.45, 2.75) is 19.9 Å². The molecule has 6 heteroatoms. The number of hydrogen-bond acceptors (Lipinski definition) is 4. The molecule has 0 spiro atoms. The number of nitrogens with one attached hydrogen (secondary N) is 1. The maximum Gasteiger partial charge on any atom is 0.192 e. The van der Waals surface area contributed by atoms with E-state index in [2.05, 4.69) is 12.2 Å². The summed E-state index contributed by atoms with van der Waals surface area (Å²) in [5.74, 6) is -0.580. The Morgan fingerprint density at radius 1 is 1.53 bits per heavy atom. The minimum absolute atomic E-state index is 0.580. The summed E-state index contributed by atoms with van der Waals surface area (Å²) in [7, 11) is -4.22. The smallest absolute Gasteiger partial charge is 0.192 e. The van der Waals surface area contributed by atoms with Crippen molar-refractivity contribution in [3.05, 3.63) is 24.5 Å². The van der Waals surface area contributed by atoms with Crippen molar-refractivity contribution in [3.63, 3.8) is 0 Å². The fourth-order valence-electron chi connectivity index (χ4n) is 1.20. The van der Waals surface area contributed by atoms with E-state index in [0.717, 1.165) is 13.0 Å². The van der Waals surface area contributed by atoms with Crippen molar-refractivity contribution in [2.24, 2.45) is 0 Å². The molecule has 0 saturated heterocycles. The van der Waals surface area contributed by atoms with E-state index in [9.17, 15) is 13.0 Å². The zero-order valence-corrected chi connectivity index (χ0v) is 9.33. The third-order valence-electron chi connectivity index (χ3n) is 1.79. The van der Waals surface area contributed by atoms with Crippen LogP contribution in [0.5, 0.6) is 0 Å². The van der Waals surface area contributed by atoms with Crippen molar-refractivity contribution in [3.8, 4) is 0 Å². The highest BCUT2D eigenvalue weighted by atomic mass is 32.2. The van der Waals surface area contributed by atoms with E-state index in [1.54, 1.807) is 18.3 Å². The molecule has 0 aromatic carbocycles. The molecule has 84 valence electrons. The molecule has 0 bridgehead atoms. The van der Waals surface area contributed by atoms with E-state index in [0.29, 0.717) is 5.69 Å². The van der Waals surface area contributed by atoms with Gasteiger partial charge < -0.3 is 9.87 Å². The third kappa shape index (κ3) is 4.75. The van der Waals surface area contributed by atoms with Gasteiger partial charge in [-0.2, -0.15) is 0 Å². The quantitative estimate of drug-likeness (QED) is 0.583. The van der Waals surface area contributed by atoms with Gasteiger partial charge in [-0.15, -0.1) is 0 Å². The van der Waals surface area contributed by atoms with E-state index < -0.39 is 16.0 Å². The monoisotopic (exact) mass is 230 g/mol. The number of nitrogens with zero attached hydrogens (tertiary/aromatic N) is 1. The second kappa shape index (κ2) is 5.09. The van der Waals surface area contributed by atoms with Gasteiger partial charge in [0.15, 0.2) is 12.4 Å². The SMILES string of the molecule is CCC[n+]1cccc(NCS(=O)(=O)[O-])c1. The highest BCUT2D eigenvalue weighted by Gasteiger charge is 2.01. The maximum absolute atomic E-state index is 10.4. The van der Waals surface area contributed by atoms with E-state index in [4.69, 9.17) is 0 Å². The standard InChI is InChI=1S/C9H14N2O3S/c1-2-5-11-6-3-4-9(7-11)10-8-15(12,13)14/h3-4,6-7,10H,2,5,8H2,1H3. The Bertz CT molecular complexity index is 417. The summed E-state index contributed by atoms with van der Waals surface area (Å²) in [5, 5.41) is 2.56. The van der Waals surface area contributed by atoms with Gasteiger partial charge in [0.05, 0.1) is 5.69 Å². The molecule has 0 radical (unpaired) electrons. The van der Waals surface area contributed by atoms with Crippen LogP contribution >= 0.6 is 0 Å². The van der Waals surface area contributed by atoms with Crippen molar-refractivity contribution in [2.75, 3.05) is 11.2 Å². The minimum Gasteiger partial charge on any atom is -0.747 e. The lowest BCUT2D eigenvalue weighted by molar-refractivity contribution is -0.696. The predicted molar refractivity (Wildman–Crippen MR) is 55.1 cm³/mol. The number of rotatable bonds is 5. The Kier molecular flexibility index (Phi) is 4.05. The van der Waals surface area contributed by atoms with Crippen LogP contribution in [0.3, 0.4) is 0 Å². The molecule has 1 rings (SSSR count). The minimum atomic E-state index is -4.22. The largest absolute Gasteiger partial charge is 0.747 e. The number of aromatic nitrogens is 1. The molecular formula is C9H14N2O3S. The maximum atomic E-state index is 10.4. The van der Waals surface area contributed by atoms with Crippen molar-refractivity contribution >= 4 is 15.8 Å². The summed E-state index contributed by atoms with van der Waals surface area (Å²) in [6, 6.07) is 3.52. The molecule has 0 fully saturated rings. The summed E-state index contributed by atoms with van der Waals surface area (Å²) in [6.07, 6.45) is 4.66. The zero-order chi connectivity index (χ0) is 11.3. The lowest BCUT2D eigenvalue weighted by Gasteiger charge is -2.08. The molecular weight excluding hydrogens is 216 g/mol. The molecule has 0 amide bonds. The fourth-order valence-corrected chi connectivity index (χ4v) is 1.54. The first-order valence-electron chi connectivity index (χ1n) is 4.68. The van der Waals surface area contributed by atoms with Gasteiger partial charge in [-0.05, 0) is 6.07 Å². The van der Waals surface area contributed by atoms with Crippen molar-refractivity contribution in [1.29, 1.82) is 0 Å². The topological polar surface area (TPSA) is 73.1 Å². The molecule has 1 aromatic heterocycles. The van der Waals surface area contributed by atoms with Crippen LogP contribution in [0.15, 0.2) is 24.5 Å². The van der Waals surface area contributed by atoms with Crippen LogP contribution < -0.4 is 9.88 Å². The van der Waals surface area contributed by atoms with Crippen LogP contribution in [-0.2, 0) is 16.7 Å². The van der Waals surface area contributed by atoms with Gasteiger partial charge >= 0.3 is 0 Å². The summed E-state index contributed by atoms with van der Waals surface area (Å²) in [4.78, 5) is 0. The highest BCUT2D eigenvalue weighted by molar-refractivity contribution is 7.85. The molecule has 0 unspecified atom stereocenters. The third-order valence-corrected chi connectivity index (χ3v) is 2.29. The Morgan fingerprint density at radius 2 is 2.27 bits per heavy atom. The van der Waals surface area contributed by atoms with Gasteiger partial charge in [-0.1, -0.05) is 6.92 Å². The van der Waals surface area contributed by atoms with E-state index in [-0.39, 0.29) is 0 Å². The molecule has 0 atom stereocenters. The average Bonchev–Trinajstić information content (AvgIpc) is 2.15. The van der Waals surface area contributed by atoms with E-state index in [1.807, 2.05) is 10.8 Å². The molecule has 1 N–H and O–H groups in total. The molecule has 0 aliphatic rings. The van der Waals surface area contributed by atoms with Gasteiger partial charge in [0.1, 0.15) is 22.5 Å². The lowest BCUT2D eigenvalue weighted by Crippen LogP contribution is -2.32. The van der Waals surface area contributed by atoms with Crippen LogP contribution in [-0.4, -0.2) is 18.8 Å². The average molecular weight is 230 g/mol. The Hall–Kier alpha value is -1.14. The number of pyridine rings is 1. The summed E-state index contributed by atoms with van der Waals surface area (Å²) in [5.41, 5.74) is 0.630. The number of hydrogen-bond donors (Lipinski definition) is 1. The lowest BCUT2D eigenvalue weighted by atomic mass is 10.4. The fraction of sp³-hybridized carbons (Fsp3) is 0.444. The van der Waals surface area contributed by atoms with Crippen LogP contribution in [0.25, 0.3) is 0 Å². The molecule has 15 heavy (non-hydrogen) atoms. The summed E-state index contributed by atoms with van der Waals surface area (Å²) < 4.78 is 33.1. The zero-order valence-electron chi connectivity index (χ0n) is 8.51. The summed E-state index contributed by atoms with van der Waals surface area (Å²) in [6.45, 7) is 2.91. The summed E-state index contributed by atoms with van der Waals surface area (Å²) >= 11 is 0. The van der Waals surface area contributed by atoms with Gasteiger partial charge in [0.25, 0.3) is 0 Å². The van der Waals surface area contributed by atoms with Gasteiger partial charge in [0, 0.05) is 12.5 Å². The Morgan fingerprint density at radius 3 is 2.87 bits per heavy atom. The van der Waals surface area contributed by atoms with Gasteiger partial charge in [-0.3, -0.25) is 0 Å². The predicted octanol–water partition coefficient (Wildman–Crippen LogP) is 0.299. The number of aryl methyl sites for hydroxylation is 1. The van der Waals surface area contributed by atoms with Crippen LogP contribution in [0.1, 0.15) is 13.3 Å². The molecule has 1 heterocycles. The second-order valence-corrected chi connectivity index (χ2v) is 4.61. The van der Waals surface area contributed by atoms with E-state index in [1.165, 1.54) is 0 Å².